The van der Waals surface area contributed by atoms with Gasteiger partial charge in [0.1, 0.15) is 22.9 Å². The molecule has 3 N–H and O–H groups in total. The normalized spacial score (nSPS) is 18.7. The molecule has 0 saturated carbocycles. The Labute approximate surface area is 168 Å². The smallest absolute Gasteiger partial charge is 0.322 e. The van der Waals surface area contributed by atoms with Gasteiger partial charge in [0.2, 0.25) is 0 Å². The Morgan fingerprint density at radius 3 is 2.73 bits per heavy atom. The zero-order chi connectivity index (χ0) is 21.0. The molecule has 9 heteroatoms. The summed E-state index contributed by atoms with van der Waals surface area (Å²) in [5.41, 5.74) is -1.25. The molecule has 2 aromatic carbocycles. The van der Waals surface area contributed by atoms with Crippen LogP contribution in [0.1, 0.15) is 5.76 Å². The van der Waals surface area contributed by atoms with Crippen LogP contribution in [-0.4, -0.2) is 28.7 Å². The summed E-state index contributed by atoms with van der Waals surface area (Å²) >= 11 is 0. The van der Waals surface area contributed by atoms with E-state index in [4.69, 9.17) is 9.15 Å². The quantitative estimate of drug-likeness (QED) is 0.450. The van der Waals surface area contributed by atoms with Crippen molar-refractivity contribution in [2.24, 2.45) is 0 Å². The Morgan fingerprint density at radius 1 is 1.17 bits per heavy atom. The lowest BCUT2D eigenvalue weighted by Gasteiger charge is -2.24. The first-order valence-corrected chi connectivity index (χ1v) is 9.09. The van der Waals surface area contributed by atoms with Crippen molar-refractivity contribution >= 4 is 33.7 Å². The van der Waals surface area contributed by atoms with Crippen molar-refractivity contribution in [3.8, 4) is 11.6 Å². The number of amides is 3. The van der Waals surface area contributed by atoms with Crippen LogP contribution in [-0.2, 0) is 16.9 Å². The highest BCUT2D eigenvalue weighted by molar-refractivity contribution is 6.07. The summed E-state index contributed by atoms with van der Waals surface area (Å²) in [7, 11) is 1.52. The van der Waals surface area contributed by atoms with Crippen LogP contribution in [0.5, 0.6) is 11.6 Å². The average molecular weight is 409 g/mol. The first-order valence-electron chi connectivity index (χ1n) is 9.09. The summed E-state index contributed by atoms with van der Waals surface area (Å²) in [6, 6.07) is 9.98. The maximum atomic E-state index is 13.6. The number of rotatable bonds is 4. The van der Waals surface area contributed by atoms with E-state index in [0.29, 0.717) is 22.1 Å². The molecule has 8 nitrogen and oxygen atoms in total. The monoisotopic (exact) mass is 409 g/mol. The van der Waals surface area contributed by atoms with Crippen molar-refractivity contribution in [2.45, 2.75) is 12.1 Å². The molecular formula is C21H16FN3O5. The summed E-state index contributed by atoms with van der Waals surface area (Å²) < 4.78 is 26.0. The second-order valence-corrected chi connectivity index (χ2v) is 7.14. The highest BCUT2D eigenvalue weighted by Gasteiger charge is 2.51. The van der Waals surface area contributed by atoms with Crippen LogP contribution in [0, 0.1) is 5.82 Å². The average Bonchev–Trinajstić information content (AvgIpc) is 3.36. The van der Waals surface area contributed by atoms with Crippen LogP contribution in [0.2, 0.25) is 0 Å². The molecule has 3 amide bonds. The summed E-state index contributed by atoms with van der Waals surface area (Å²) in [5.74, 6) is -0.495. The number of carbonyl (C=O) groups is 2. The number of nitrogens with zero attached hydrogens (tertiary/aromatic N) is 1. The number of urea groups is 1. The lowest BCUT2D eigenvalue weighted by molar-refractivity contribution is -0.125. The van der Waals surface area contributed by atoms with E-state index in [0.717, 1.165) is 5.39 Å². The highest BCUT2D eigenvalue weighted by atomic mass is 19.1. The molecular weight excluding hydrogens is 393 g/mol. The third kappa shape index (κ3) is 2.59. The van der Waals surface area contributed by atoms with Gasteiger partial charge in [-0.05, 0) is 42.5 Å². The number of nitrogens with one attached hydrogen (secondary N) is 2. The number of furan rings is 1. The molecule has 0 bridgehead atoms. The van der Waals surface area contributed by atoms with Gasteiger partial charge in [0.05, 0.1) is 13.7 Å². The molecule has 30 heavy (non-hydrogen) atoms. The van der Waals surface area contributed by atoms with Crippen molar-refractivity contribution in [2.75, 3.05) is 7.11 Å². The van der Waals surface area contributed by atoms with E-state index in [1.807, 2.05) is 0 Å². The van der Waals surface area contributed by atoms with Gasteiger partial charge in [0.15, 0.2) is 11.4 Å². The van der Waals surface area contributed by atoms with Crippen LogP contribution in [0.15, 0.2) is 53.1 Å². The summed E-state index contributed by atoms with van der Waals surface area (Å²) in [4.78, 5) is 24.8. The van der Waals surface area contributed by atoms with E-state index in [-0.39, 0.29) is 18.2 Å². The summed E-state index contributed by atoms with van der Waals surface area (Å²) in [5, 5.41) is 17.3. The van der Waals surface area contributed by atoms with Crippen LogP contribution in [0.4, 0.5) is 9.18 Å². The molecule has 0 aliphatic carbocycles. The second kappa shape index (κ2) is 6.24. The van der Waals surface area contributed by atoms with E-state index in [9.17, 15) is 19.1 Å². The zero-order valence-electron chi connectivity index (χ0n) is 15.7. The van der Waals surface area contributed by atoms with Gasteiger partial charge >= 0.3 is 6.03 Å². The highest BCUT2D eigenvalue weighted by Crippen LogP contribution is 2.36. The molecule has 1 fully saturated rings. The molecule has 5 rings (SSSR count). The molecule has 4 aromatic rings. The Hall–Kier alpha value is -4.01. The van der Waals surface area contributed by atoms with Gasteiger partial charge in [-0.25, -0.2) is 9.18 Å². The predicted octanol–water partition coefficient (Wildman–Crippen LogP) is 2.98. The number of hydrogen-bond donors (Lipinski definition) is 3. The fraction of sp³-hybridized carbons (Fsp3) is 0.143. The lowest BCUT2D eigenvalue weighted by Crippen LogP contribution is -2.47. The number of ether oxygens (including phenoxy) is 1. The minimum absolute atomic E-state index is 0.0978. The van der Waals surface area contributed by atoms with Crippen molar-refractivity contribution in [3.63, 3.8) is 0 Å². The Balaban J connectivity index is 1.65. The fourth-order valence-corrected chi connectivity index (χ4v) is 3.81. The molecule has 1 aliphatic rings. The molecule has 0 unspecified atom stereocenters. The number of aromatic nitrogens is 1. The van der Waals surface area contributed by atoms with Gasteiger partial charge in [-0.3, -0.25) is 10.1 Å². The second-order valence-electron chi connectivity index (χ2n) is 7.14. The minimum Gasteiger partial charge on any atom is -0.497 e. The first kappa shape index (κ1) is 18.0. The third-order valence-electron chi connectivity index (χ3n) is 5.32. The first-order chi connectivity index (χ1) is 14.4. The van der Waals surface area contributed by atoms with E-state index in [1.54, 1.807) is 24.4 Å². The van der Waals surface area contributed by atoms with Gasteiger partial charge < -0.3 is 24.1 Å². The number of fused-ring (bicyclic) bond motifs is 2. The topological polar surface area (TPSA) is 106 Å². The van der Waals surface area contributed by atoms with Gasteiger partial charge in [-0.1, -0.05) is 0 Å². The number of halogens is 1. The number of hydrogen-bond acceptors (Lipinski definition) is 5. The van der Waals surface area contributed by atoms with Crippen molar-refractivity contribution in [1.82, 2.24) is 15.2 Å². The molecule has 1 aliphatic heterocycles. The number of imide groups is 1. The van der Waals surface area contributed by atoms with Crippen molar-refractivity contribution < 1.29 is 28.2 Å². The van der Waals surface area contributed by atoms with Gasteiger partial charge in [0, 0.05) is 22.4 Å². The molecule has 3 heterocycles. The zero-order valence-corrected chi connectivity index (χ0v) is 15.7. The minimum atomic E-state index is -1.62. The van der Waals surface area contributed by atoms with E-state index < -0.39 is 23.3 Å². The van der Waals surface area contributed by atoms with E-state index in [2.05, 4.69) is 10.6 Å². The number of carbonyl (C=O) groups excluding carboxylic acids is 2. The Morgan fingerprint density at radius 2 is 2.00 bits per heavy atom. The van der Waals surface area contributed by atoms with Crippen LogP contribution in [0.3, 0.4) is 0 Å². The SMILES string of the molecule is COc1ccc2cn(C[C@@]3(c4cc5cc(F)ccc5o4)NC(=O)NC3=O)c(O)c2c1. The number of methoxy groups -OCH3 is 1. The van der Waals surface area contributed by atoms with E-state index in [1.165, 1.54) is 35.9 Å². The van der Waals surface area contributed by atoms with Crippen molar-refractivity contribution in [3.05, 3.63) is 60.2 Å². The van der Waals surface area contributed by atoms with Crippen LogP contribution < -0.4 is 15.4 Å². The molecule has 0 spiro atoms. The van der Waals surface area contributed by atoms with Crippen LogP contribution >= 0.6 is 0 Å². The Kier molecular flexibility index (Phi) is 3.76. The largest absolute Gasteiger partial charge is 0.497 e. The molecule has 2 aromatic heterocycles. The fourth-order valence-electron chi connectivity index (χ4n) is 3.81. The van der Waals surface area contributed by atoms with Crippen molar-refractivity contribution in [1.29, 1.82) is 0 Å². The standard InChI is InChI=1S/C21H16FN3O5/c1-29-14-4-2-11-9-25(18(26)15(11)8-14)10-21(19(27)23-20(28)24-21)17-7-12-6-13(22)3-5-16(12)30-17/h2-9,26H,10H2,1H3,(H2,23,24,27,28)/t21-/m0/s1. The van der Waals surface area contributed by atoms with E-state index >= 15 is 0 Å². The predicted molar refractivity (Wildman–Crippen MR) is 105 cm³/mol. The Bertz CT molecular complexity index is 1340. The molecule has 1 saturated heterocycles. The maximum Gasteiger partial charge on any atom is 0.322 e. The third-order valence-corrected chi connectivity index (χ3v) is 5.32. The van der Waals surface area contributed by atoms with Gasteiger partial charge in [-0.15, -0.1) is 0 Å². The maximum absolute atomic E-state index is 13.6. The number of benzene rings is 2. The molecule has 0 radical (unpaired) electrons. The van der Waals surface area contributed by atoms with Gasteiger partial charge in [0.25, 0.3) is 5.91 Å². The van der Waals surface area contributed by atoms with Gasteiger partial charge in [-0.2, -0.15) is 0 Å². The molecule has 152 valence electrons. The summed E-state index contributed by atoms with van der Waals surface area (Å²) in [6.07, 6.45) is 1.66. The summed E-state index contributed by atoms with van der Waals surface area (Å²) in [6.45, 7) is -0.143. The number of aromatic hydroxyl groups is 1. The molecule has 1 atom stereocenters. The van der Waals surface area contributed by atoms with Crippen LogP contribution in [0.25, 0.3) is 21.7 Å². The lowest BCUT2D eigenvalue weighted by atomic mass is 9.96.